The third-order valence-electron chi connectivity index (χ3n) is 2.69. The Morgan fingerprint density at radius 2 is 2.00 bits per heavy atom. The normalized spacial score (nSPS) is 20.4. The second-order valence-corrected chi connectivity index (χ2v) is 3.99. The molecule has 1 heterocycles. The smallest absolute Gasteiger partial charge is 0.120 e. The van der Waals surface area contributed by atoms with E-state index in [4.69, 9.17) is 9.47 Å². The highest BCUT2D eigenvalue weighted by atomic mass is 16.5. The molecule has 0 aliphatic carbocycles. The summed E-state index contributed by atoms with van der Waals surface area (Å²) in [7, 11) is 0. The van der Waals surface area contributed by atoms with Gasteiger partial charge in [0.15, 0.2) is 0 Å². The summed E-state index contributed by atoms with van der Waals surface area (Å²) in [5, 5.41) is 3.34. The van der Waals surface area contributed by atoms with Crippen LogP contribution in [0.3, 0.4) is 0 Å². The molecule has 0 aromatic heterocycles. The third kappa shape index (κ3) is 3.14. The Bertz CT molecular complexity index is 304. The summed E-state index contributed by atoms with van der Waals surface area (Å²) in [5.74, 6) is 1.83. The van der Waals surface area contributed by atoms with E-state index in [-0.39, 0.29) is 0 Å². The molecule has 0 spiro atoms. The van der Waals surface area contributed by atoms with Crippen LogP contribution < -0.4 is 14.8 Å². The zero-order chi connectivity index (χ0) is 11.2. The quantitative estimate of drug-likeness (QED) is 0.845. The number of hydrogen-bond donors (Lipinski definition) is 1. The molecule has 1 N–H and O–H groups in total. The molecule has 0 radical (unpaired) electrons. The molecule has 2 rings (SSSR count). The predicted octanol–water partition coefficient (Wildman–Crippen LogP) is 2.22. The van der Waals surface area contributed by atoms with E-state index in [1.165, 1.54) is 6.42 Å². The number of piperidine rings is 1. The van der Waals surface area contributed by atoms with Crippen molar-refractivity contribution in [2.45, 2.75) is 25.9 Å². The molecule has 1 aliphatic heterocycles. The van der Waals surface area contributed by atoms with E-state index in [9.17, 15) is 0 Å². The summed E-state index contributed by atoms with van der Waals surface area (Å²) in [6.45, 7) is 4.75. The molecular formula is C13H19NO2. The Labute approximate surface area is 96.8 Å². The van der Waals surface area contributed by atoms with Crippen molar-refractivity contribution in [1.82, 2.24) is 5.32 Å². The average Bonchev–Trinajstić information content (AvgIpc) is 2.33. The fourth-order valence-electron chi connectivity index (χ4n) is 1.89. The van der Waals surface area contributed by atoms with E-state index in [1.54, 1.807) is 0 Å². The van der Waals surface area contributed by atoms with Gasteiger partial charge in [-0.15, -0.1) is 0 Å². The molecule has 0 amide bonds. The van der Waals surface area contributed by atoms with E-state index in [1.807, 2.05) is 31.2 Å². The lowest BCUT2D eigenvalue weighted by atomic mass is 10.1. The van der Waals surface area contributed by atoms with Crippen molar-refractivity contribution in [3.8, 4) is 11.5 Å². The van der Waals surface area contributed by atoms with Gasteiger partial charge in [0, 0.05) is 6.54 Å². The maximum Gasteiger partial charge on any atom is 0.120 e. The SMILES string of the molecule is CCOc1ccc(O[C@H]2CCCNC2)cc1. The highest BCUT2D eigenvalue weighted by molar-refractivity contribution is 5.31. The van der Waals surface area contributed by atoms with Crippen molar-refractivity contribution in [3.63, 3.8) is 0 Å². The van der Waals surface area contributed by atoms with Crippen molar-refractivity contribution >= 4 is 0 Å². The highest BCUT2D eigenvalue weighted by Gasteiger charge is 2.13. The zero-order valence-electron chi connectivity index (χ0n) is 9.74. The summed E-state index contributed by atoms with van der Waals surface area (Å²) in [4.78, 5) is 0. The number of ether oxygens (including phenoxy) is 2. The van der Waals surface area contributed by atoms with Crippen molar-refractivity contribution in [2.75, 3.05) is 19.7 Å². The van der Waals surface area contributed by atoms with Crippen LogP contribution in [0.5, 0.6) is 11.5 Å². The zero-order valence-corrected chi connectivity index (χ0v) is 9.74. The molecule has 1 aliphatic rings. The molecule has 88 valence electrons. The van der Waals surface area contributed by atoms with E-state index in [0.717, 1.165) is 31.0 Å². The summed E-state index contributed by atoms with van der Waals surface area (Å²) in [6, 6.07) is 7.85. The molecule has 0 saturated carbocycles. The average molecular weight is 221 g/mol. The minimum Gasteiger partial charge on any atom is -0.494 e. The maximum atomic E-state index is 5.87. The summed E-state index contributed by atoms with van der Waals surface area (Å²) in [5.41, 5.74) is 0. The largest absolute Gasteiger partial charge is 0.494 e. The molecule has 1 saturated heterocycles. The third-order valence-corrected chi connectivity index (χ3v) is 2.69. The minimum atomic E-state index is 0.312. The van der Waals surface area contributed by atoms with Crippen molar-refractivity contribution in [1.29, 1.82) is 0 Å². The standard InChI is InChI=1S/C13H19NO2/c1-2-15-11-5-7-12(8-6-11)16-13-4-3-9-14-10-13/h5-8,13-14H,2-4,9-10H2,1H3/t13-/m0/s1. The first-order valence-electron chi connectivity index (χ1n) is 5.98. The lowest BCUT2D eigenvalue weighted by molar-refractivity contribution is 0.167. The van der Waals surface area contributed by atoms with Gasteiger partial charge in [0.25, 0.3) is 0 Å². The molecule has 16 heavy (non-hydrogen) atoms. The van der Waals surface area contributed by atoms with Gasteiger partial charge in [0.1, 0.15) is 17.6 Å². The van der Waals surface area contributed by atoms with Crippen LogP contribution in [0.1, 0.15) is 19.8 Å². The van der Waals surface area contributed by atoms with Gasteiger partial charge in [-0.1, -0.05) is 0 Å². The van der Waals surface area contributed by atoms with Crippen LogP contribution in [0, 0.1) is 0 Å². The second-order valence-electron chi connectivity index (χ2n) is 3.99. The second kappa shape index (κ2) is 5.75. The first kappa shape index (κ1) is 11.3. The van der Waals surface area contributed by atoms with E-state index in [0.29, 0.717) is 12.7 Å². The van der Waals surface area contributed by atoms with Gasteiger partial charge in [-0.05, 0) is 50.6 Å². The van der Waals surface area contributed by atoms with Crippen molar-refractivity contribution in [2.24, 2.45) is 0 Å². The van der Waals surface area contributed by atoms with Gasteiger partial charge in [-0.3, -0.25) is 0 Å². The monoisotopic (exact) mass is 221 g/mol. The fourth-order valence-corrected chi connectivity index (χ4v) is 1.89. The number of rotatable bonds is 4. The van der Waals surface area contributed by atoms with Crippen LogP contribution in [0.4, 0.5) is 0 Å². The van der Waals surface area contributed by atoms with Crippen LogP contribution in [0.25, 0.3) is 0 Å². The lowest BCUT2D eigenvalue weighted by Gasteiger charge is -2.23. The molecule has 1 aromatic rings. The van der Waals surface area contributed by atoms with Crippen molar-refractivity contribution in [3.05, 3.63) is 24.3 Å². The first-order valence-corrected chi connectivity index (χ1v) is 5.98. The Kier molecular flexibility index (Phi) is 4.05. The van der Waals surface area contributed by atoms with Crippen molar-refractivity contribution < 1.29 is 9.47 Å². The van der Waals surface area contributed by atoms with Gasteiger partial charge < -0.3 is 14.8 Å². The molecule has 3 nitrogen and oxygen atoms in total. The number of nitrogens with one attached hydrogen (secondary N) is 1. The van der Waals surface area contributed by atoms with Crippen LogP contribution >= 0.6 is 0 Å². The van der Waals surface area contributed by atoms with E-state index in [2.05, 4.69) is 5.32 Å². The van der Waals surface area contributed by atoms with Gasteiger partial charge >= 0.3 is 0 Å². The van der Waals surface area contributed by atoms with Crippen LogP contribution in [0.15, 0.2) is 24.3 Å². The Balaban J connectivity index is 1.88. The van der Waals surface area contributed by atoms with Gasteiger partial charge in [-0.25, -0.2) is 0 Å². The van der Waals surface area contributed by atoms with Gasteiger partial charge in [-0.2, -0.15) is 0 Å². The van der Waals surface area contributed by atoms with Crippen LogP contribution in [-0.4, -0.2) is 25.8 Å². The highest BCUT2D eigenvalue weighted by Crippen LogP contribution is 2.20. The predicted molar refractivity (Wildman–Crippen MR) is 64.1 cm³/mol. The Morgan fingerprint density at radius 3 is 2.62 bits per heavy atom. The Morgan fingerprint density at radius 1 is 1.25 bits per heavy atom. The molecule has 0 bridgehead atoms. The minimum absolute atomic E-state index is 0.312. The summed E-state index contributed by atoms with van der Waals surface area (Å²) >= 11 is 0. The fraction of sp³-hybridized carbons (Fsp3) is 0.538. The molecule has 1 aromatic carbocycles. The summed E-state index contributed by atoms with van der Waals surface area (Å²) in [6.07, 6.45) is 2.65. The van der Waals surface area contributed by atoms with Gasteiger partial charge in [0.2, 0.25) is 0 Å². The van der Waals surface area contributed by atoms with Gasteiger partial charge in [0.05, 0.1) is 6.61 Å². The molecule has 1 atom stereocenters. The Hall–Kier alpha value is -1.22. The number of hydrogen-bond acceptors (Lipinski definition) is 3. The molecule has 3 heteroatoms. The van der Waals surface area contributed by atoms with Crippen LogP contribution in [0.2, 0.25) is 0 Å². The summed E-state index contributed by atoms with van der Waals surface area (Å²) < 4.78 is 11.3. The number of benzene rings is 1. The molecular weight excluding hydrogens is 202 g/mol. The van der Waals surface area contributed by atoms with E-state index < -0.39 is 0 Å². The first-order chi connectivity index (χ1) is 7.88. The molecule has 0 unspecified atom stereocenters. The van der Waals surface area contributed by atoms with Crippen LogP contribution in [-0.2, 0) is 0 Å². The maximum absolute atomic E-state index is 5.87. The lowest BCUT2D eigenvalue weighted by Crippen LogP contribution is -2.37. The van der Waals surface area contributed by atoms with E-state index >= 15 is 0 Å². The topological polar surface area (TPSA) is 30.5 Å². The molecule has 1 fully saturated rings.